The predicted octanol–water partition coefficient (Wildman–Crippen LogP) is 4.26. The molecule has 3 heterocycles. The highest BCUT2D eigenvalue weighted by atomic mass is 35.5. The van der Waals surface area contributed by atoms with E-state index in [1.165, 1.54) is 18.3 Å². The molecular weight excluding hydrogens is 461 g/mol. The molecule has 0 bridgehead atoms. The number of nitrogens with zero attached hydrogens (tertiary/aromatic N) is 3. The third-order valence-corrected chi connectivity index (χ3v) is 5.03. The SMILES string of the molecule is O=C(O)c1ccnc(-c2c(C(=O)O)ccnc2-c2nc(Cl)c(Cl)c(C(=O)O)c2Cl)c1. The van der Waals surface area contributed by atoms with Crippen molar-refractivity contribution in [3.8, 4) is 22.6 Å². The van der Waals surface area contributed by atoms with E-state index in [0.29, 0.717) is 0 Å². The van der Waals surface area contributed by atoms with E-state index in [1.54, 1.807) is 0 Å². The Labute approximate surface area is 182 Å². The van der Waals surface area contributed by atoms with Crippen LogP contribution >= 0.6 is 34.8 Å². The van der Waals surface area contributed by atoms with Crippen LogP contribution in [0.1, 0.15) is 31.1 Å². The zero-order valence-electron chi connectivity index (χ0n) is 14.4. The summed E-state index contributed by atoms with van der Waals surface area (Å²) in [6, 6.07) is 3.52. The Kier molecular flexibility index (Phi) is 5.88. The molecule has 0 aliphatic heterocycles. The smallest absolute Gasteiger partial charge is 0.338 e. The van der Waals surface area contributed by atoms with Gasteiger partial charge in [-0.1, -0.05) is 34.8 Å². The number of carbonyl (C=O) groups is 3. The number of hydrogen-bond acceptors (Lipinski definition) is 6. The molecule has 0 aliphatic rings. The number of halogens is 3. The molecule has 30 heavy (non-hydrogen) atoms. The lowest BCUT2D eigenvalue weighted by molar-refractivity contribution is 0.0686. The van der Waals surface area contributed by atoms with Crippen molar-refractivity contribution in [1.82, 2.24) is 15.0 Å². The van der Waals surface area contributed by atoms with Crippen molar-refractivity contribution in [2.24, 2.45) is 0 Å². The Morgan fingerprint density at radius 2 is 1.47 bits per heavy atom. The highest BCUT2D eigenvalue weighted by molar-refractivity contribution is 6.46. The zero-order chi connectivity index (χ0) is 22.2. The van der Waals surface area contributed by atoms with Crippen molar-refractivity contribution >= 4 is 52.7 Å². The van der Waals surface area contributed by atoms with Crippen LogP contribution in [-0.4, -0.2) is 48.2 Å². The second-order valence-electron chi connectivity index (χ2n) is 5.68. The van der Waals surface area contributed by atoms with Crippen LogP contribution in [0.5, 0.6) is 0 Å². The van der Waals surface area contributed by atoms with Gasteiger partial charge in [0.25, 0.3) is 0 Å². The van der Waals surface area contributed by atoms with Gasteiger partial charge in [-0.05, 0) is 18.2 Å². The molecule has 3 aromatic heterocycles. The number of rotatable bonds is 5. The molecule has 0 unspecified atom stereocenters. The van der Waals surface area contributed by atoms with Crippen LogP contribution in [0.4, 0.5) is 0 Å². The maximum Gasteiger partial charge on any atom is 0.338 e. The number of hydrogen-bond donors (Lipinski definition) is 3. The zero-order valence-corrected chi connectivity index (χ0v) is 16.7. The van der Waals surface area contributed by atoms with Gasteiger partial charge in [-0.25, -0.2) is 19.4 Å². The summed E-state index contributed by atoms with van der Waals surface area (Å²) in [5.74, 6) is -4.12. The Morgan fingerprint density at radius 1 is 0.800 bits per heavy atom. The lowest BCUT2D eigenvalue weighted by atomic mass is 9.98. The van der Waals surface area contributed by atoms with E-state index in [4.69, 9.17) is 34.8 Å². The number of pyridine rings is 3. The van der Waals surface area contributed by atoms with E-state index < -0.39 is 38.7 Å². The van der Waals surface area contributed by atoms with Crippen molar-refractivity contribution < 1.29 is 29.7 Å². The fourth-order valence-corrected chi connectivity index (χ4v) is 3.39. The standard InChI is InChI=1S/C18H8Cl3N3O6/c19-11-10(18(29)30)12(20)15(21)24-14(11)13-9(7(17(27)28)2-4-23-13)8-5-6(16(25)26)1-3-22-8/h1-5H,(H,25,26)(H,27,28)(H,29,30). The van der Waals surface area contributed by atoms with E-state index in [1.807, 2.05) is 0 Å². The molecule has 152 valence electrons. The summed E-state index contributed by atoms with van der Waals surface area (Å²) in [6.07, 6.45) is 2.32. The molecule has 12 heteroatoms. The minimum absolute atomic E-state index is 0.0591. The van der Waals surface area contributed by atoms with Crippen molar-refractivity contribution in [3.05, 3.63) is 62.5 Å². The molecule has 0 aromatic carbocycles. The first kappa shape index (κ1) is 21.4. The minimum atomic E-state index is -1.49. The normalized spacial score (nSPS) is 10.6. The molecule has 0 atom stereocenters. The van der Waals surface area contributed by atoms with Crippen LogP contribution < -0.4 is 0 Å². The van der Waals surface area contributed by atoms with Gasteiger partial charge in [0.05, 0.1) is 26.9 Å². The fourth-order valence-electron chi connectivity index (χ4n) is 2.64. The van der Waals surface area contributed by atoms with E-state index in [0.717, 1.165) is 12.3 Å². The Hall–Kier alpha value is -3.27. The maximum atomic E-state index is 11.8. The molecule has 3 aromatic rings. The van der Waals surface area contributed by atoms with Crippen LogP contribution in [0.25, 0.3) is 22.6 Å². The molecule has 0 radical (unpaired) electrons. The molecule has 0 fully saturated rings. The van der Waals surface area contributed by atoms with Gasteiger partial charge in [0, 0.05) is 18.0 Å². The molecule has 9 nitrogen and oxygen atoms in total. The summed E-state index contributed by atoms with van der Waals surface area (Å²) >= 11 is 18.0. The Bertz CT molecular complexity index is 1230. The van der Waals surface area contributed by atoms with Crippen molar-refractivity contribution in [3.63, 3.8) is 0 Å². The van der Waals surface area contributed by atoms with Crippen LogP contribution in [-0.2, 0) is 0 Å². The molecular formula is C18H8Cl3N3O6. The third kappa shape index (κ3) is 3.78. The van der Waals surface area contributed by atoms with Gasteiger partial charge in [0.15, 0.2) is 0 Å². The second kappa shape index (κ2) is 8.23. The number of carboxylic acid groups (broad SMARTS) is 3. The second-order valence-corrected chi connectivity index (χ2v) is 6.80. The van der Waals surface area contributed by atoms with E-state index in [2.05, 4.69) is 15.0 Å². The average Bonchev–Trinajstić information content (AvgIpc) is 2.70. The number of aromatic carboxylic acids is 3. The number of aromatic nitrogens is 3. The quantitative estimate of drug-likeness (QED) is 0.466. The third-order valence-electron chi connectivity index (χ3n) is 3.92. The van der Waals surface area contributed by atoms with Crippen LogP contribution in [0, 0.1) is 0 Å². The minimum Gasteiger partial charge on any atom is -0.478 e. The highest BCUT2D eigenvalue weighted by Crippen LogP contribution is 2.40. The summed E-state index contributed by atoms with van der Waals surface area (Å²) in [5.41, 5.74) is -1.62. The molecule has 0 aliphatic carbocycles. The summed E-state index contributed by atoms with van der Waals surface area (Å²) in [7, 11) is 0. The van der Waals surface area contributed by atoms with Crippen molar-refractivity contribution in [1.29, 1.82) is 0 Å². The largest absolute Gasteiger partial charge is 0.478 e. The molecule has 0 saturated heterocycles. The fraction of sp³-hybridized carbons (Fsp3) is 0. The number of carboxylic acids is 3. The van der Waals surface area contributed by atoms with Gasteiger partial charge in [-0.3, -0.25) is 9.97 Å². The lowest BCUT2D eigenvalue weighted by Gasteiger charge is -2.14. The van der Waals surface area contributed by atoms with Crippen molar-refractivity contribution in [2.75, 3.05) is 0 Å². The summed E-state index contributed by atoms with van der Waals surface area (Å²) in [5, 5.41) is 27.1. The van der Waals surface area contributed by atoms with Gasteiger partial charge in [-0.15, -0.1) is 0 Å². The van der Waals surface area contributed by atoms with Crippen LogP contribution in [0.15, 0.2) is 30.6 Å². The molecule has 3 rings (SSSR count). The molecule has 0 amide bonds. The van der Waals surface area contributed by atoms with Crippen LogP contribution in [0.2, 0.25) is 15.2 Å². The van der Waals surface area contributed by atoms with Gasteiger partial charge in [0.2, 0.25) is 0 Å². The summed E-state index contributed by atoms with van der Waals surface area (Å²) in [6.45, 7) is 0. The van der Waals surface area contributed by atoms with Gasteiger partial charge in [0.1, 0.15) is 22.1 Å². The first-order chi connectivity index (χ1) is 14.1. The predicted molar refractivity (Wildman–Crippen MR) is 107 cm³/mol. The van der Waals surface area contributed by atoms with Gasteiger partial charge in [-0.2, -0.15) is 0 Å². The average molecular weight is 469 g/mol. The molecule has 0 spiro atoms. The first-order valence-corrected chi connectivity index (χ1v) is 8.97. The van der Waals surface area contributed by atoms with Gasteiger partial charge < -0.3 is 15.3 Å². The van der Waals surface area contributed by atoms with E-state index in [-0.39, 0.29) is 33.8 Å². The molecule has 3 N–H and O–H groups in total. The summed E-state index contributed by atoms with van der Waals surface area (Å²) < 4.78 is 0. The topological polar surface area (TPSA) is 151 Å². The first-order valence-electron chi connectivity index (χ1n) is 7.83. The lowest BCUT2D eigenvalue weighted by Crippen LogP contribution is -2.08. The van der Waals surface area contributed by atoms with Crippen LogP contribution in [0.3, 0.4) is 0 Å². The van der Waals surface area contributed by atoms with Gasteiger partial charge >= 0.3 is 17.9 Å². The van der Waals surface area contributed by atoms with E-state index >= 15 is 0 Å². The Balaban J connectivity index is 2.43. The highest BCUT2D eigenvalue weighted by Gasteiger charge is 2.27. The molecule has 0 saturated carbocycles. The van der Waals surface area contributed by atoms with Crippen molar-refractivity contribution in [2.45, 2.75) is 0 Å². The monoisotopic (exact) mass is 467 g/mol. The Morgan fingerprint density at radius 3 is 2.07 bits per heavy atom. The van der Waals surface area contributed by atoms with E-state index in [9.17, 15) is 29.7 Å². The maximum absolute atomic E-state index is 11.8. The summed E-state index contributed by atoms with van der Waals surface area (Å²) in [4.78, 5) is 46.8.